The van der Waals surface area contributed by atoms with Crippen molar-refractivity contribution in [2.75, 3.05) is 7.11 Å². The zero-order valence-electron chi connectivity index (χ0n) is 53.4. The standard InChI is InChI=1S/C29H40O4.C23H28O6.C20H32O2/c1-7-9-11-19-13-25-21(15-23(19)30)27(3,4)17-29(32-25)18-28(5,6)22-16-24(31)20(12-10-8-2)14-26(22)33-29;1-21(2)11-23(28-18-6-13(10-24)16(25)7-14(18)21)12-22(3,4)15-8-17(26)20(27-5)9-19(15)29-23;1-5-6-7-8-9-10-11-16-12-19-17(13-18(16)21)15(2)14-20(3,4)22-19/h13-16,30-31H,7-12,17-18H2,1-6H3;6-9,24-26H,10-12H2,1-5H3;12-13,15,21H,5-11,14H2,1-4H3. The van der Waals surface area contributed by atoms with Crippen molar-refractivity contribution in [3.8, 4) is 63.2 Å². The molecule has 6 N–H and O–H groups in total. The van der Waals surface area contributed by atoms with Crippen LogP contribution in [0.15, 0.2) is 60.7 Å². The predicted molar refractivity (Wildman–Crippen MR) is 334 cm³/mol. The molecule has 2 unspecified atom stereocenters. The van der Waals surface area contributed by atoms with Gasteiger partial charge < -0.3 is 59.1 Å². The van der Waals surface area contributed by atoms with Crippen LogP contribution in [0.25, 0.3) is 0 Å². The van der Waals surface area contributed by atoms with Gasteiger partial charge in [-0.3, -0.25) is 0 Å². The average molecular weight is 1160 g/mol. The lowest BCUT2D eigenvalue weighted by molar-refractivity contribution is -0.167. The van der Waals surface area contributed by atoms with Gasteiger partial charge in [0.2, 0.25) is 0 Å². The molecule has 0 radical (unpaired) electrons. The maximum atomic E-state index is 10.7. The number of fused-ring (bicyclic) bond motifs is 5. The van der Waals surface area contributed by atoms with Crippen LogP contribution in [0, 0.1) is 0 Å². The molecule has 5 aliphatic rings. The van der Waals surface area contributed by atoms with Crippen LogP contribution in [0.3, 0.4) is 0 Å². The van der Waals surface area contributed by atoms with Crippen LogP contribution in [0.4, 0.5) is 0 Å². The summed E-state index contributed by atoms with van der Waals surface area (Å²) in [5.41, 5.74) is 7.14. The quantitative estimate of drug-likeness (QED) is 0.0548. The fourth-order valence-electron chi connectivity index (χ4n) is 14.2. The molecule has 0 saturated heterocycles. The number of hydrogen-bond acceptors (Lipinski definition) is 12. The summed E-state index contributed by atoms with van der Waals surface area (Å²) >= 11 is 0. The lowest BCUT2D eigenvalue weighted by Gasteiger charge is -2.51. The van der Waals surface area contributed by atoms with Gasteiger partial charge in [0, 0.05) is 86.8 Å². The molecular weight excluding hydrogens is 1060 g/mol. The van der Waals surface area contributed by atoms with Crippen molar-refractivity contribution in [3.63, 3.8) is 0 Å². The number of benzene rings is 5. The Kier molecular flexibility index (Phi) is 18.8. The molecule has 5 aromatic rings. The average Bonchev–Trinajstić information content (AvgIpc) is 1.38. The summed E-state index contributed by atoms with van der Waals surface area (Å²) in [4.78, 5) is 0. The van der Waals surface area contributed by atoms with Crippen molar-refractivity contribution in [2.24, 2.45) is 0 Å². The summed E-state index contributed by atoms with van der Waals surface area (Å²) in [7, 11) is 1.50. The first-order valence-corrected chi connectivity index (χ1v) is 31.4. The van der Waals surface area contributed by atoms with Crippen molar-refractivity contribution in [1.82, 2.24) is 0 Å². The Labute approximate surface area is 501 Å². The third-order valence-electron chi connectivity index (χ3n) is 18.3. The fraction of sp³-hybridized carbons (Fsp3) is 0.583. The molecule has 0 bridgehead atoms. The second-order valence-electron chi connectivity index (χ2n) is 28.3. The molecule has 2 spiro atoms. The second-order valence-corrected chi connectivity index (χ2v) is 28.3. The molecule has 460 valence electrons. The smallest absolute Gasteiger partial charge is 0.252 e. The Morgan fingerprint density at radius 3 is 1.18 bits per heavy atom. The molecule has 2 atom stereocenters. The number of aliphatic hydroxyl groups excluding tert-OH is 1. The fourth-order valence-corrected chi connectivity index (χ4v) is 14.2. The van der Waals surface area contributed by atoms with E-state index in [0.717, 1.165) is 120 Å². The van der Waals surface area contributed by atoms with E-state index in [2.05, 4.69) is 103 Å². The number of unbranched alkanes of at least 4 members (excludes halogenated alkanes) is 7. The predicted octanol–water partition coefficient (Wildman–Crippen LogP) is 17.4. The molecule has 84 heavy (non-hydrogen) atoms. The summed E-state index contributed by atoms with van der Waals surface area (Å²) in [6.45, 7) is 30.0. The molecule has 10 rings (SSSR count). The molecule has 5 aromatic carbocycles. The van der Waals surface area contributed by atoms with Crippen molar-refractivity contribution in [2.45, 2.75) is 264 Å². The second kappa shape index (κ2) is 24.7. The highest BCUT2D eigenvalue weighted by Gasteiger charge is 2.55. The zero-order chi connectivity index (χ0) is 61.4. The Bertz CT molecular complexity index is 2980. The van der Waals surface area contributed by atoms with Gasteiger partial charge >= 0.3 is 0 Å². The van der Waals surface area contributed by atoms with E-state index in [1.54, 1.807) is 24.3 Å². The first kappa shape index (κ1) is 63.9. The van der Waals surface area contributed by atoms with Crippen LogP contribution >= 0.6 is 0 Å². The Hall–Kier alpha value is -6.14. The van der Waals surface area contributed by atoms with Gasteiger partial charge in [0.1, 0.15) is 57.3 Å². The van der Waals surface area contributed by atoms with Gasteiger partial charge in [0.05, 0.1) is 13.7 Å². The highest BCUT2D eigenvalue weighted by molar-refractivity contribution is 5.57. The number of phenolic OH excluding ortho intramolecular Hbond substituents is 4. The molecule has 5 heterocycles. The molecule has 0 aliphatic carbocycles. The van der Waals surface area contributed by atoms with Crippen molar-refractivity contribution in [1.29, 1.82) is 0 Å². The third-order valence-corrected chi connectivity index (χ3v) is 18.3. The SMILES string of the molecule is CCCCCCCCc1cc2c(cc1O)C(C)CC(C)(C)O2.CCCCc1cc2c(cc1O)C(C)(C)CC1(CC(C)(C)c3cc(O)c(CCCC)cc3O1)O2.COc1cc2c(cc1O)C(C)(C)CC1(CC(C)(C)c3cc(O)c(CO)cc3O1)O2. The van der Waals surface area contributed by atoms with Crippen LogP contribution < -0.4 is 28.4 Å². The summed E-state index contributed by atoms with van der Waals surface area (Å²) in [6.07, 6.45) is 18.0. The molecule has 0 amide bonds. The minimum atomic E-state index is -0.918. The number of phenols is 5. The van der Waals surface area contributed by atoms with E-state index >= 15 is 0 Å². The highest BCUT2D eigenvalue weighted by Crippen LogP contribution is 2.58. The van der Waals surface area contributed by atoms with Gasteiger partial charge in [-0.15, -0.1) is 0 Å². The van der Waals surface area contributed by atoms with Gasteiger partial charge in [-0.1, -0.05) is 128 Å². The third kappa shape index (κ3) is 13.7. The van der Waals surface area contributed by atoms with Crippen LogP contribution in [0.1, 0.15) is 249 Å². The normalized spacial score (nSPS) is 20.8. The van der Waals surface area contributed by atoms with E-state index in [-0.39, 0.29) is 45.4 Å². The zero-order valence-corrected chi connectivity index (χ0v) is 53.4. The van der Waals surface area contributed by atoms with Crippen LogP contribution in [0.5, 0.6) is 63.2 Å². The van der Waals surface area contributed by atoms with E-state index in [1.165, 1.54) is 39.2 Å². The monoisotopic (exact) mass is 1160 g/mol. The summed E-state index contributed by atoms with van der Waals surface area (Å²) in [6, 6.07) is 18.6. The molecular formula is C72H100O12. The van der Waals surface area contributed by atoms with Gasteiger partial charge in [0.25, 0.3) is 11.6 Å². The van der Waals surface area contributed by atoms with Crippen LogP contribution in [-0.2, 0) is 47.5 Å². The Morgan fingerprint density at radius 1 is 0.417 bits per heavy atom. The van der Waals surface area contributed by atoms with Crippen LogP contribution in [0.2, 0.25) is 0 Å². The van der Waals surface area contributed by atoms with Crippen molar-refractivity contribution >= 4 is 0 Å². The first-order chi connectivity index (χ1) is 39.4. The van der Waals surface area contributed by atoms with E-state index in [0.29, 0.717) is 71.7 Å². The molecule has 12 heteroatoms. The molecule has 0 fully saturated rings. The Morgan fingerprint density at radius 2 is 0.762 bits per heavy atom. The number of rotatable bonds is 15. The number of ether oxygens (including phenoxy) is 6. The maximum Gasteiger partial charge on any atom is 0.252 e. The lowest BCUT2D eigenvalue weighted by Crippen LogP contribution is -2.55. The highest BCUT2D eigenvalue weighted by atomic mass is 16.7. The van der Waals surface area contributed by atoms with Gasteiger partial charge in [-0.25, -0.2) is 0 Å². The van der Waals surface area contributed by atoms with Crippen molar-refractivity contribution < 1.29 is 59.1 Å². The maximum absolute atomic E-state index is 10.7. The summed E-state index contributed by atoms with van der Waals surface area (Å²) in [5.74, 6) is 4.23. The minimum Gasteiger partial charge on any atom is -0.508 e. The molecule has 5 aliphatic heterocycles. The summed E-state index contributed by atoms with van der Waals surface area (Å²) < 4.78 is 37.7. The minimum absolute atomic E-state index is 0.0642. The molecule has 0 saturated carbocycles. The van der Waals surface area contributed by atoms with E-state index in [1.807, 2.05) is 30.3 Å². The van der Waals surface area contributed by atoms with Gasteiger partial charge in [0.15, 0.2) is 11.5 Å². The number of hydrogen-bond donors (Lipinski definition) is 6. The number of aromatic hydroxyl groups is 5. The lowest BCUT2D eigenvalue weighted by atomic mass is 9.69. The van der Waals surface area contributed by atoms with Gasteiger partial charge in [-0.2, -0.15) is 0 Å². The first-order valence-electron chi connectivity index (χ1n) is 31.4. The molecule has 12 nitrogen and oxygen atoms in total. The summed E-state index contributed by atoms with van der Waals surface area (Å²) in [5, 5.41) is 61.6. The molecule has 0 aromatic heterocycles. The number of aryl methyl sites for hydroxylation is 3. The van der Waals surface area contributed by atoms with Crippen LogP contribution in [-0.4, -0.2) is 54.9 Å². The van der Waals surface area contributed by atoms with Crippen molar-refractivity contribution in [3.05, 3.63) is 111 Å². The van der Waals surface area contributed by atoms with E-state index in [4.69, 9.17) is 28.4 Å². The topological polar surface area (TPSA) is 177 Å². The number of methoxy groups -OCH3 is 1. The largest absolute Gasteiger partial charge is 0.508 e. The number of aliphatic hydroxyl groups is 1. The van der Waals surface area contributed by atoms with Gasteiger partial charge in [-0.05, 0) is 136 Å². The Balaban J connectivity index is 0.000000168. The van der Waals surface area contributed by atoms with E-state index < -0.39 is 11.6 Å². The van der Waals surface area contributed by atoms with E-state index in [9.17, 15) is 30.6 Å².